The summed E-state index contributed by atoms with van der Waals surface area (Å²) in [7, 11) is 1.46. The number of amides is 2. The molecule has 0 saturated heterocycles. The first-order chi connectivity index (χ1) is 20.1. The molecule has 0 spiro atoms. The normalized spacial score (nSPS) is 31.0. The van der Waals surface area contributed by atoms with Crippen LogP contribution >= 0.6 is 0 Å². The third-order valence-corrected chi connectivity index (χ3v) is 10.9. The maximum absolute atomic E-state index is 13.8. The predicted molar refractivity (Wildman–Crippen MR) is 156 cm³/mol. The Morgan fingerprint density at radius 3 is 2.38 bits per heavy atom. The number of carbonyl (C=O) groups excluding carboxylic acids is 2. The Labute approximate surface area is 248 Å². The number of nitrogens with one attached hydrogen (secondary N) is 2. The molecule has 42 heavy (non-hydrogen) atoms. The first-order valence-electron chi connectivity index (χ1n) is 15.7. The Morgan fingerprint density at radius 1 is 1.07 bits per heavy atom. The van der Waals surface area contributed by atoms with Gasteiger partial charge in [-0.25, -0.2) is 0 Å². The molecule has 1 aromatic rings. The van der Waals surface area contributed by atoms with Crippen LogP contribution in [0, 0.1) is 39.9 Å². The van der Waals surface area contributed by atoms with Gasteiger partial charge in [0.05, 0.1) is 35.7 Å². The number of ether oxygens (including phenoxy) is 2. The SMILES string of the molecule is CCCC1(CNC(=O)[C@H]2[C@@H]3CC[C@@H](C3)[C@H]2NC(=O)c2cc(OC3CCC(C)(C(=O)O)CC3)c(C#N)cc2OC)CCC1. The molecule has 0 aromatic heterocycles. The molecule has 0 aliphatic heterocycles. The molecule has 9 nitrogen and oxygen atoms in total. The number of hydrogen-bond donors (Lipinski definition) is 3. The Bertz CT molecular complexity index is 1240. The van der Waals surface area contributed by atoms with Gasteiger partial charge in [0.2, 0.25) is 5.91 Å². The van der Waals surface area contributed by atoms with Crippen molar-refractivity contribution in [1.82, 2.24) is 10.6 Å². The second-order valence-electron chi connectivity index (χ2n) is 13.5. The molecule has 4 aliphatic carbocycles. The summed E-state index contributed by atoms with van der Waals surface area (Å²) in [6, 6.07) is 4.96. The van der Waals surface area contributed by atoms with Crippen molar-refractivity contribution in [2.75, 3.05) is 13.7 Å². The minimum Gasteiger partial charge on any atom is -0.496 e. The average molecular weight is 580 g/mol. The molecular weight excluding hydrogens is 534 g/mol. The molecule has 4 saturated carbocycles. The molecular formula is C33H45N3O6. The summed E-state index contributed by atoms with van der Waals surface area (Å²) in [6.45, 7) is 4.66. The van der Waals surface area contributed by atoms with Gasteiger partial charge in [-0.15, -0.1) is 0 Å². The van der Waals surface area contributed by atoms with E-state index in [9.17, 15) is 24.8 Å². The molecule has 4 aliphatic rings. The van der Waals surface area contributed by atoms with Crippen LogP contribution in [0.3, 0.4) is 0 Å². The molecule has 4 atom stereocenters. The van der Waals surface area contributed by atoms with Crippen molar-refractivity contribution in [1.29, 1.82) is 5.26 Å². The number of carbonyl (C=O) groups is 3. The van der Waals surface area contributed by atoms with E-state index < -0.39 is 11.4 Å². The van der Waals surface area contributed by atoms with Crippen LogP contribution in [-0.2, 0) is 9.59 Å². The number of methoxy groups -OCH3 is 1. The average Bonchev–Trinajstić information content (AvgIpc) is 3.57. The van der Waals surface area contributed by atoms with Gasteiger partial charge < -0.3 is 25.2 Å². The van der Waals surface area contributed by atoms with E-state index in [0.29, 0.717) is 32.2 Å². The number of carboxylic acids is 1. The fourth-order valence-corrected chi connectivity index (χ4v) is 8.05. The Morgan fingerprint density at radius 2 is 1.79 bits per heavy atom. The largest absolute Gasteiger partial charge is 0.496 e. The molecule has 5 rings (SSSR count). The van der Waals surface area contributed by atoms with Gasteiger partial charge in [0.1, 0.15) is 17.6 Å². The highest BCUT2D eigenvalue weighted by Crippen LogP contribution is 2.49. The van der Waals surface area contributed by atoms with Crippen molar-refractivity contribution in [3.05, 3.63) is 23.3 Å². The van der Waals surface area contributed by atoms with Crippen LogP contribution in [0.4, 0.5) is 0 Å². The maximum atomic E-state index is 13.8. The van der Waals surface area contributed by atoms with Crippen molar-refractivity contribution in [2.45, 2.75) is 103 Å². The standard InChI is InChI=1S/C33H45N3O6/c1-4-10-33(11-5-12-33)19-35-30(38)27-20-6-7-21(15-20)28(27)36-29(37)24-17-25(22(18-34)16-26(24)41-3)42-23-8-13-32(2,14-9-23)31(39)40/h16-17,20-21,23,27-28H,4-15,19H2,1-3H3,(H,35,38)(H,36,37)(H,39,40)/t20-,21+,23?,27+,28-,32?/m1/s1. The highest BCUT2D eigenvalue weighted by molar-refractivity contribution is 5.98. The number of hydrogen-bond acceptors (Lipinski definition) is 6. The molecule has 0 radical (unpaired) electrons. The lowest BCUT2D eigenvalue weighted by Crippen LogP contribution is -2.52. The van der Waals surface area contributed by atoms with E-state index in [1.165, 1.54) is 32.4 Å². The van der Waals surface area contributed by atoms with Crippen LogP contribution in [-0.4, -0.2) is 48.7 Å². The van der Waals surface area contributed by atoms with Crippen molar-refractivity contribution >= 4 is 17.8 Å². The maximum Gasteiger partial charge on any atom is 0.309 e. The summed E-state index contributed by atoms with van der Waals surface area (Å²) < 4.78 is 11.7. The number of aliphatic carboxylic acids is 1. The van der Waals surface area contributed by atoms with E-state index in [-0.39, 0.29) is 69.8 Å². The topological polar surface area (TPSA) is 138 Å². The molecule has 3 N–H and O–H groups in total. The van der Waals surface area contributed by atoms with Crippen molar-refractivity contribution in [3.8, 4) is 17.6 Å². The van der Waals surface area contributed by atoms with Crippen molar-refractivity contribution < 1.29 is 29.0 Å². The summed E-state index contributed by atoms with van der Waals surface area (Å²) in [5, 5.41) is 25.8. The first-order valence-corrected chi connectivity index (χ1v) is 15.7. The van der Waals surface area contributed by atoms with Crippen LogP contribution in [0.25, 0.3) is 0 Å². The second kappa shape index (κ2) is 12.1. The van der Waals surface area contributed by atoms with Gasteiger partial charge in [-0.3, -0.25) is 14.4 Å². The van der Waals surface area contributed by atoms with Gasteiger partial charge >= 0.3 is 5.97 Å². The number of rotatable bonds is 11. The van der Waals surface area contributed by atoms with Crippen molar-refractivity contribution in [2.24, 2.45) is 28.6 Å². The highest BCUT2D eigenvalue weighted by Gasteiger charge is 2.52. The van der Waals surface area contributed by atoms with Crippen molar-refractivity contribution in [3.63, 3.8) is 0 Å². The number of fused-ring (bicyclic) bond motifs is 2. The first kappa shape index (κ1) is 30.2. The van der Waals surface area contributed by atoms with E-state index in [4.69, 9.17) is 9.47 Å². The Balaban J connectivity index is 1.30. The molecule has 2 amide bonds. The summed E-state index contributed by atoms with van der Waals surface area (Å²) in [6.07, 6.45) is 10.5. The van der Waals surface area contributed by atoms with Crippen LogP contribution in [0.5, 0.6) is 11.5 Å². The van der Waals surface area contributed by atoms with E-state index in [1.807, 2.05) is 0 Å². The summed E-state index contributed by atoms with van der Waals surface area (Å²) in [4.78, 5) is 38.9. The minimum absolute atomic E-state index is 0.0522. The summed E-state index contributed by atoms with van der Waals surface area (Å²) in [5.74, 6) is -0.264. The number of nitrogens with zero attached hydrogens (tertiary/aromatic N) is 1. The van der Waals surface area contributed by atoms with Crippen LogP contribution in [0.15, 0.2) is 12.1 Å². The quantitative estimate of drug-likeness (QED) is 0.327. The van der Waals surface area contributed by atoms with E-state index >= 15 is 0 Å². The monoisotopic (exact) mass is 579 g/mol. The van der Waals surface area contributed by atoms with Gasteiger partial charge in [0.15, 0.2) is 0 Å². The number of carboxylic acid groups (broad SMARTS) is 1. The lowest BCUT2D eigenvalue weighted by atomic mass is 9.66. The third-order valence-electron chi connectivity index (χ3n) is 10.9. The van der Waals surface area contributed by atoms with Crippen LogP contribution in [0.2, 0.25) is 0 Å². The zero-order chi connectivity index (χ0) is 30.1. The molecule has 2 bridgehead atoms. The van der Waals surface area contributed by atoms with Gasteiger partial charge in [-0.2, -0.15) is 5.26 Å². The Kier molecular flexibility index (Phi) is 8.73. The predicted octanol–water partition coefficient (Wildman–Crippen LogP) is 5.21. The van der Waals surface area contributed by atoms with Gasteiger partial charge in [-0.05, 0) is 94.4 Å². The van der Waals surface area contributed by atoms with E-state index in [2.05, 4.69) is 23.6 Å². The van der Waals surface area contributed by atoms with Gasteiger partial charge in [0.25, 0.3) is 5.91 Å². The molecule has 0 unspecified atom stereocenters. The van der Waals surface area contributed by atoms with Gasteiger partial charge in [-0.1, -0.05) is 19.8 Å². The number of benzene rings is 1. The lowest BCUT2D eigenvalue weighted by Gasteiger charge is -2.42. The smallest absolute Gasteiger partial charge is 0.309 e. The van der Waals surface area contributed by atoms with Crippen LogP contribution < -0.4 is 20.1 Å². The molecule has 9 heteroatoms. The fourth-order valence-electron chi connectivity index (χ4n) is 8.05. The van der Waals surface area contributed by atoms with E-state index in [1.54, 1.807) is 13.0 Å². The van der Waals surface area contributed by atoms with Gasteiger partial charge in [0, 0.05) is 18.7 Å². The summed E-state index contributed by atoms with van der Waals surface area (Å²) >= 11 is 0. The lowest BCUT2D eigenvalue weighted by molar-refractivity contribution is -0.150. The minimum atomic E-state index is -0.807. The zero-order valence-electron chi connectivity index (χ0n) is 25.2. The fraction of sp³-hybridized carbons (Fsp3) is 0.697. The third kappa shape index (κ3) is 5.82. The molecule has 0 heterocycles. The second-order valence-corrected chi connectivity index (χ2v) is 13.5. The highest BCUT2D eigenvalue weighted by atomic mass is 16.5. The molecule has 228 valence electrons. The molecule has 1 aromatic carbocycles. The zero-order valence-corrected chi connectivity index (χ0v) is 25.2. The summed E-state index contributed by atoms with van der Waals surface area (Å²) in [5.41, 5.74) is -0.0292. The van der Waals surface area contributed by atoms with Crippen LogP contribution in [0.1, 0.15) is 107 Å². The number of nitriles is 1. The van der Waals surface area contributed by atoms with E-state index in [0.717, 1.165) is 32.1 Å². The molecule has 4 fully saturated rings. The Hall–Kier alpha value is -3.28.